The molecule has 116 valence electrons. The average Bonchev–Trinajstić information content (AvgIpc) is 2.38. The van der Waals surface area contributed by atoms with Gasteiger partial charge in [-0.2, -0.15) is 0 Å². The minimum Gasteiger partial charge on any atom is -0.481 e. The van der Waals surface area contributed by atoms with Crippen LogP contribution >= 0.6 is 0 Å². The van der Waals surface area contributed by atoms with Crippen molar-refractivity contribution in [1.29, 1.82) is 0 Å². The van der Waals surface area contributed by atoms with Gasteiger partial charge in [0.15, 0.2) is 0 Å². The fraction of sp³-hybridized carbons (Fsp3) is 0.857. The smallest absolute Gasteiger partial charge is 0.318 e. The van der Waals surface area contributed by atoms with Crippen LogP contribution in [0.3, 0.4) is 0 Å². The van der Waals surface area contributed by atoms with Crippen molar-refractivity contribution in [2.75, 3.05) is 13.2 Å². The van der Waals surface area contributed by atoms with Gasteiger partial charge in [-0.15, -0.1) is 0 Å². The number of urea groups is 1. The molecule has 3 unspecified atom stereocenters. The zero-order valence-electron chi connectivity index (χ0n) is 12.6. The summed E-state index contributed by atoms with van der Waals surface area (Å²) in [6, 6.07) is -0.411. The first-order valence-corrected chi connectivity index (χ1v) is 7.38. The molecule has 1 heterocycles. The van der Waals surface area contributed by atoms with E-state index >= 15 is 0 Å². The highest BCUT2D eigenvalue weighted by Gasteiger charge is 2.30. The Kier molecular flexibility index (Phi) is 6.78. The third-order valence-corrected chi connectivity index (χ3v) is 3.59. The molecule has 0 aromatic heterocycles. The van der Waals surface area contributed by atoms with Gasteiger partial charge in [0.05, 0.1) is 25.2 Å². The number of carbonyl (C=O) groups excluding carboxylic acids is 1. The van der Waals surface area contributed by atoms with Gasteiger partial charge in [0.25, 0.3) is 0 Å². The molecule has 20 heavy (non-hydrogen) atoms. The molecule has 0 aliphatic carbocycles. The van der Waals surface area contributed by atoms with E-state index in [0.29, 0.717) is 19.6 Å². The number of carbonyl (C=O) groups is 2. The Hall–Kier alpha value is -1.30. The number of nitrogens with zero attached hydrogens (tertiary/aromatic N) is 1. The van der Waals surface area contributed by atoms with Gasteiger partial charge in [0.2, 0.25) is 0 Å². The number of nitrogens with one attached hydrogen (secondary N) is 1. The summed E-state index contributed by atoms with van der Waals surface area (Å²) in [6.45, 7) is 7.03. The number of ether oxygens (including phenoxy) is 1. The molecule has 6 nitrogen and oxygen atoms in total. The van der Waals surface area contributed by atoms with E-state index in [1.807, 2.05) is 20.8 Å². The molecule has 0 aromatic rings. The van der Waals surface area contributed by atoms with Gasteiger partial charge in [0, 0.05) is 12.6 Å². The molecule has 1 aliphatic heterocycles. The Balaban J connectivity index is 2.62. The second-order valence-corrected chi connectivity index (χ2v) is 5.39. The molecule has 1 saturated heterocycles. The summed E-state index contributed by atoms with van der Waals surface area (Å²) in [4.78, 5) is 25.0. The summed E-state index contributed by atoms with van der Waals surface area (Å²) in [5, 5.41) is 11.7. The van der Waals surface area contributed by atoms with Crippen LogP contribution in [0.15, 0.2) is 0 Å². The molecule has 1 aliphatic rings. The molecule has 2 N–H and O–H groups in total. The predicted molar refractivity (Wildman–Crippen MR) is 75.7 cm³/mol. The SMILES string of the molecule is CCCC(CC(=O)O)NC(=O)N1CC(C)OCC1CC. The lowest BCUT2D eigenvalue weighted by Gasteiger charge is -2.38. The molecular weight excluding hydrogens is 260 g/mol. The maximum Gasteiger partial charge on any atom is 0.318 e. The number of rotatable bonds is 6. The lowest BCUT2D eigenvalue weighted by molar-refractivity contribution is -0.137. The topological polar surface area (TPSA) is 78.9 Å². The van der Waals surface area contributed by atoms with Crippen molar-refractivity contribution in [3.8, 4) is 0 Å². The number of hydrogen-bond donors (Lipinski definition) is 2. The van der Waals surface area contributed by atoms with E-state index in [-0.39, 0.29) is 30.6 Å². The lowest BCUT2D eigenvalue weighted by Crippen LogP contribution is -2.56. The highest BCUT2D eigenvalue weighted by atomic mass is 16.5. The monoisotopic (exact) mass is 286 g/mol. The zero-order chi connectivity index (χ0) is 15.1. The first-order valence-electron chi connectivity index (χ1n) is 7.38. The quantitative estimate of drug-likeness (QED) is 0.781. The van der Waals surface area contributed by atoms with Crippen LogP contribution in [-0.4, -0.2) is 53.3 Å². The van der Waals surface area contributed by atoms with Crippen molar-refractivity contribution in [3.05, 3.63) is 0 Å². The van der Waals surface area contributed by atoms with Gasteiger partial charge >= 0.3 is 12.0 Å². The van der Waals surface area contributed by atoms with Gasteiger partial charge in [-0.25, -0.2) is 4.79 Å². The number of carboxylic acid groups (broad SMARTS) is 1. The van der Waals surface area contributed by atoms with Crippen LogP contribution in [-0.2, 0) is 9.53 Å². The molecule has 0 radical (unpaired) electrons. The Bertz CT molecular complexity index is 335. The number of carboxylic acids is 1. The molecule has 2 amide bonds. The van der Waals surface area contributed by atoms with Crippen LogP contribution < -0.4 is 5.32 Å². The fourth-order valence-electron chi connectivity index (χ4n) is 2.47. The highest BCUT2D eigenvalue weighted by Crippen LogP contribution is 2.15. The van der Waals surface area contributed by atoms with Crippen LogP contribution in [0.5, 0.6) is 0 Å². The Morgan fingerprint density at radius 2 is 2.15 bits per heavy atom. The lowest BCUT2D eigenvalue weighted by atomic mass is 10.1. The minimum absolute atomic E-state index is 0.0210. The normalized spacial score (nSPS) is 24.2. The average molecular weight is 286 g/mol. The van der Waals surface area contributed by atoms with Crippen molar-refractivity contribution < 1.29 is 19.4 Å². The summed E-state index contributed by atoms with van der Waals surface area (Å²) in [6.07, 6.45) is 2.34. The van der Waals surface area contributed by atoms with Gasteiger partial charge in [0.1, 0.15) is 0 Å². The summed E-state index contributed by atoms with van der Waals surface area (Å²) < 4.78 is 5.56. The van der Waals surface area contributed by atoms with Crippen molar-refractivity contribution in [1.82, 2.24) is 10.2 Å². The molecule has 3 atom stereocenters. The maximum absolute atomic E-state index is 12.3. The van der Waals surface area contributed by atoms with Crippen LogP contribution in [0.1, 0.15) is 46.5 Å². The summed E-state index contributed by atoms with van der Waals surface area (Å²) in [7, 11) is 0. The molecule has 0 aromatic carbocycles. The molecule has 6 heteroatoms. The molecule has 0 spiro atoms. The van der Waals surface area contributed by atoms with Gasteiger partial charge in [-0.1, -0.05) is 20.3 Å². The first kappa shape index (κ1) is 16.8. The molecule has 1 fully saturated rings. The predicted octanol–water partition coefficient (Wildman–Crippen LogP) is 1.84. The zero-order valence-corrected chi connectivity index (χ0v) is 12.6. The summed E-state index contributed by atoms with van der Waals surface area (Å²) in [5.74, 6) is -0.883. The van der Waals surface area contributed by atoms with Crippen LogP contribution in [0.2, 0.25) is 0 Å². The summed E-state index contributed by atoms with van der Waals surface area (Å²) in [5.41, 5.74) is 0. The maximum atomic E-state index is 12.3. The van der Waals surface area contributed by atoms with Crippen molar-refractivity contribution in [2.24, 2.45) is 0 Å². The van der Waals surface area contributed by atoms with E-state index in [1.54, 1.807) is 4.90 Å². The third kappa shape index (κ3) is 5.00. The van der Waals surface area contributed by atoms with E-state index in [2.05, 4.69) is 5.32 Å². The highest BCUT2D eigenvalue weighted by molar-refractivity contribution is 5.76. The van der Waals surface area contributed by atoms with Gasteiger partial charge < -0.3 is 20.1 Å². The molecule has 0 bridgehead atoms. The number of hydrogen-bond acceptors (Lipinski definition) is 3. The second-order valence-electron chi connectivity index (χ2n) is 5.39. The second kappa shape index (κ2) is 8.09. The molecular formula is C14H26N2O4. The van der Waals surface area contributed by atoms with Crippen LogP contribution in [0.25, 0.3) is 0 Å². The van der Waals surface area contributed by atoms with Crippen molar-refractivity contribution in [2.45, 2.75) is 64.6 Å². The number of morpholine rings is 1. The van der Waals surface area contributed by atoms with Gasteiger partial charge in [-0.05, 0) is 19.8 Å². The fourth-order valence-corrected chi connectivity index (χ4v) is 2.47. The number of aliphatic carboxylic acids is 1. The van der Waals surface area contributed by atoms with Gasteiger partial charge in [-0.3, -0.25) is 4.79 Å². The van der Waals surface area contributed by atoms with E-state index in [4.69, 9.17) is 9.84 Å². The Labute approximate surface area is 120 Å². The first-order chi connectivity index (χ1) is 9.47. The third-order valence-electron chi connectivity index (χ3n) is 3.59. The van der Waals surface area contributed by atoms with Crippen molar-refractivity contribution >= 4 is 12.0 Å². The minimum atomic E-state index is -0.883. The van der Waals surface area contributed by atoms with E-state index < -0.39 is 5.97 Å². The number of amides is 2. The van der Waals surface area contributed by atoms with Crippen molar-refractivity contribution in [3.63, 3.8) is 0 Å². The summed E-state index contributed by atoms with van der Waals surface area (Å²) >= 11 is 0. The van der Waals surface area contributed by atoms with Crippen LogP contribution in [0.4, 0.5) is 4.79 Å². The Morgan fingerprint density at radius 1 is 1.45 bits per heavy atom. The van der Waals surface area contributed by atoms with E-state index in [1.165, 1.54) is 0 Å². The van der Waals surface area contributed by atoms with E-state index in [0.717, 1.165) is 12.8 Å². The van der Waals surface area contributed by atoms with E-state index in [9.17, 15) is 9.59 Å². The largest absolute Gasteiger partial charge is 0.481 e. The molecule has 1 rings (SSSR count). The molecule has 0 saturated carbocycles. The Morgan fingerprint density at radius 3 is 2.70 bits per heavy atom. The standard InChI is InChI=1S/C14H26N2O4/c1-4-6-11(7-13(17)18)15-14(19)16-8-10(3)20-9-12(16)5-2/h10-12H,4-9H2,1-3H3,(H,15,19)(H,17,18). The van der Waals surface area contributed by atoms with Crippen LogP contribution in [0, 0.1) is 0 Å².